The molecule has 0 spiro atoms. The molecule has 0 radical (unpaired) electrons. The second-order valence-corrected chi connectivity index (χ2v) is 5.18. The van der Waals surface area contributed by atoms with Gasteiger partial charge in [0, 0.05) is 5.54 Å². The van der Waals surface area contributed by atoms with Crippen LogP contribution in [0.3, 0.4) is 0 Å². The molecule has 17 heavy (non-hydrogen) atoms. The van der Waals surface area contributed by atoms with E-state index in [0.717, 1.165) is 5.56 Å². The van der Waals surface area contributed by atoms with Crippen molar-refractivity contribution in [2.24, 2.45) is 0 Å². The van der Waals surface area contributed by atoms with Crippen molar-refractivity contribution in [2.45, 2.75) is 33.2 Å². The largest absolute Gasteiger partial charge is 0.308 e. The van der Waals surface area contributed by atoms with Crippen LogP contribution in [0.2, 0.25) is 0 Å². The lowest BCUT2D eigenvalue weighted by molar-refractivity contribution is 0.399. The average molecular weight is 233 g/mol. The van der Waals surface area contributed by atoms with E-state index in [1.54, 1.807) is 18.5 Å². The number of hydrogen-bond acceptors (Lipinski definition) is 2. The van der Waals surface area contributed by atoms with E-state index in [1.807, 2.05) is 32.3 Å². The number of rotatable bonds is 1. The molecular formula is C13H16FN3. The van der Waals surface area contributed by atoms with Crippen molar-refractivity contribution >= 4 is 0 Å². The standard InChI is InChI=1S/C13H16FN3/c1-9-5-6-11(14)10(7-9)12-16-15-8-17(12)13(2,3)4/h5-8H,1-4H3. The van der Waals surface area contributed by atoms with E-state index in [9.17, 15) is 4.39 Å². The van der Waals surface area contributed by atoms with Crippen molar-refractivity contribution in [3.63, 3.8) is 0 Å². The Hall–Kier alpha value is -1.71. The van der Waals surface area contributed by atoms with Crippen LogP contribution >= 0.6 is 0 Å². The van der Waals surface area contributed by atoms with E-state index in [-0.39, 0.29) is 11.4 Å². The first-order chi connectivity index (χ1) is 7.89. The fourth-order valence-corrected chi connectivity index (χ4v) is 1.72. The van der Waals surface area contributed by atoms with Gasteiger partial charge in [-0.2, -0.15) is 0 Å². The Morgan fingerprint density at radius 1 is 1.24 bits per heavy atom. The number of nitrogens with zero attached hydrogens (tertiary/aromatic N) is 3. The van der Waals surface area contributed by atoms with Crippen LogP contribution < -0.4 is 0 Å². The molecule has 2 rings (SSSR count). The molecule has 2 aromatic rings. The molecule has 4 heteroatoms. The maximum atomic E-state index is 13.8. The van der Waals surface area contributed by atoms with Gasteiger partial charge in [0.1, 0.15) is 12.1 Å². The van der Waals surface area contributed by atoms with E-state index in [4.69, 9.17) is 0 Å². The minimum Gasteiger partial charge on any atom is -0.308 e. The highest BCUT2D eigenvalue weighted by molar-refractivity contribution is 5.57. The average Bonchev–Trinajstić information content (AvgIpc) is 2.69. The molecule has 0 unspecified atom stereocenters. The third kappa shape index (κ3) is 2.20. The zero-order chi connectivity index (χ0) is 12.6. The Balaban J connectivity index is 2.61. The van der Waals surface area contributed by atoms with Gasteiger partial charge in [-0.3, -0.25) is 0 Å². The maximum Gasteiger partial charge on any atom is 0.167 e. The van der Waals surface area contributed by atoms with Gasteiger partial charge in [-0.1, -0.05) is 11.6 Å². The van der Waals surface area contributed by atoms with E-state index in [0.29, 0.717) is 11.4 Å². The summed E-state index contributed by atoms with van der Waals surface area (Å²) < 4.78 is 15.7. The van der Waals surface area contributed by atoms with Gasteiger partial charge in [-0.25, -0.2) is 4.39 Å². The van der Waals surface area contributed by atoms with Crippen LogP contribution in [-0.4, -0.2) is 14.8 Å². The van der Waals surface area contributed by atoms with Crippen LogP contribution in [0.4, 0.5) is 4.39 Å². The van der Waals surface area contributed by atoms with E-state index >= 15 is 0 Å². The molecule has 1 heterocycles. The summed E-state index contributed by atoms with van der Waals surface area (Å²) >= 11 is 0. The van der Waals surface area contributed by atoms with Crippen LogP contribution in [0, 0.1) is 12.7 Å². The summed E-state index contributed by atoms with van der Waals surface area (Å²) in [4.78, 5) is 0. The van der Waals surface area contributed by atoms with Gasteiger partial charge in [-0.05, 0) is 39.8 Å². The Bertz CT molecular complexity index is 538. The van der Waals surface area contributed by atoms with Crippen molar-refractivity contribution in [1.29, 1.82) is 0 Å². The molecule has 1 aromatic heterocycles. The molecule has 0 aliphatic carbocycles. The molecule has 0 saturated heterocycles. The second-order valence-electron chi connectivity index (χ2n) is 5.18. The fourth-order valence-electron chi connectivity index (χ4n) is 1.72. The van der Waals surface area contributed by atoms with Crippen LogP contribution in [0.1, 0.15) is 26.3 Å². The monoisotopic (exact) mass is 233 g/mol. The molecule has 1 aromatic carbocycles. The number of benzene rings is 1. The zero-order valence-electron chi connectivity index (χ0n) is 10.5. The zero-order valence-corrected chi connectivity index (χ0v) is 10.5. The molecule has 0 atom stereocenters. The Labute approximate surface area is 100 Å². The quantitative estimate of drug-likeness (QED) is 0.757. The first kappa shape index (κ1) is 11.8. The normalized spacial score (nSPS) is 11.8. The molecule has 0 aliphatic rings. The van der Waals surface area contributed by atoms with Crippen molar-refractivity contribution in [2.75, 3.05) is 0 Å². The second kappa shape index (κ2) is 3.95. The minimum absolute atomic E-state index is 0.172. The van der Waals surface area contributed by atoms with E-state index < -0.39 is 0 Å². The minimum atomic E-state index is -0.269. The summed E-state index contributed by atoms with van der Waals surface area (Å²) in [6.07, 6.45) is 1.64. The lowest BCUT2D eigenvalue weighted by atomic mass is 10.1. The van der Waals surface area contributed by atoms with Crippen LogP contribution in [0.5, 0.6) is 0 Å². The van der Waals surface area contributed by atoms with Gasteiger partial charge in [0.05, 0.1) is 5.56 Å². The van der Waals surface area contributed by atoms with Crippen LogP contribution in [-0.2, 0) is 5.54 Å². The number of aryl methyl sites for hydroxylation is 1. The van der Waals surface area contributed by atoms with Crippen LogP contribution in [0.25, 0.3) is 11.4 Å². The summed E-state index contributed by atoms with van der Waals surface area (Å²) in [5.74, 6) is 0.299. The Morgan fingerprint density at radius 2 is 1.94 bits per heavy atom. The SMILES string of the molecule is Cc1ccc(F)c(-c2nncn2C(C)(C)C)c1. The van der Waals surface area contributed by atoms with E-state index in [1.165, 1.54) is 6.07 Å². The van der Waals surface area contributed by atoms with Gasteiger partial charge in [-0.15, -0.1) is 10.2 Å². The molecule has 0 saturated carbocycles. The van der Waals surface area contributed by atoms with Crippen molar-refractivity contribution in [3.8, 4) is 11.4 Å². The van der Waals surface area contributed by atoms with Crippen molar-refractivity contribution in [1.82, 2.24) is 14.8 Å². The number of halogens is 1. The summed E-state index contributed by atoms with van der Waals surface area (Å²) in [5.41, 5.74) is 1.33. The van der Waals surface area contributed by atoms with Gasteiger partial charge in [0.15, 0.2) is 5.82 Å². The lowest BCUT2D eigenvalue weighted by Gasteiger charge is -2.22. The smallest absolute Gasteiger partial charge is 0.167 e. The van der Waals surface area contributed by atoms with Gasteiger partial charge in [0.2, 0.25) is 0 Å². The maximum absolute atomic E-state index is 13.8. The predicted octanol–water partition coefficient (Wildman–Crippen LogP) is 3.15. The molecule has 3 nitrogen and oxygen atoms in total. The highest BCUT2D eigenvalue weighted by Crippen LogP contribution is 2.26. The lowest BCUT2D eigenvalue weighted by Crippen LogP contribution is -2.22. The summed E-state index contributed by atoms with van der Waals surface area (Å²) in [5, 5.41) is 7.91. The molecule has 0 bridgehead atoms. The number of hydrogen-bond donors (Lipinski definition) is 0. The molecular weight excluding hydrogens is 217 g/mol. The molecule has 90 valence electrons. The summed E-state index contributed by atoms with van der Waals surface area (Å²) in [6, 6.07) is 5.00. The Morgan fingerprint density at radius 3 is 2.59 bits per heavy atom. The third-order valence-electron chi connectivity index (χ3n) is 2.63. The highest BCUT2D eigenvalue weighted by Gasteiger charge is 2.20. The fraction of sp³-hybridized carbons (Fsp3) is 0.385. The van der Waals surface area contributed by atoms with Crippen molar-refractivity contribution < 1.29 is 4.39 Å². The topological polar surface area (TPSA) is 30.7 Å². The van der Waals surface area contributed by atoms with Crippen molar-refractivity contribution in [3.05, 3.63) is 35.9 Å². The third-order valence-corrected chi connectivity index (χ3v) is 2.63. The highest BCUT2D eigenvalue weighted by atomic mass is 19.1. The summed E-state index contributed by atoms with van der Waals surface area (Å²) in [7, 11) is 0. The van der Waals surface area contributed by atoms with Crippen LogP contribution in [0.15, 0.2) is 24.5 Å². The first-order valence-corrected chi connectivity index (χ1v) is 5.56. The van der Waals surface area contributed by atoms with Gasteiger partial charge in [0.25, 0.3) is 0 Å². The van der Waals surface area contributed by atoms with Gasteiger partial charge >= 0.3 is 0 Å². The summed E-state index contributed by atoms with van der Waals surface area (Å²) in [6.45, 7) is 8.04. The van der Waals surface area contributed by atoms with Gasteiger partial charge < -0.3 is 4.57 Å². The first-order valence-electron chi connectivity index (χ1n) is 5.56. The Kier molecular flexibility index (Phi) is 2.73. The molecule has 0 amide bonds. The predicted molar refractivity (Wildman–Crippen MR) is 65.1 cm³/mol. The molecule has 0 N–H and O–H groups in total. The molecule has 0 aliphatic heterocycles. The number of aromatic nitrogens is 3. The molecule has 0 fully saturated rings. The van der Waals surface area contributed by atoms with E-state index in [2.05, 4.69) is 10.2 Å².